The van der Waals surface area contributed by atoms with Crippen molar-refractivity contribution in [2.24, 2.45) is 0 Å². The Morgan fingerprint density at radius 3 is 2.75 bits per heavy atom. The third-order valence-corrected chi connectivity index (χ3v) is 6.04. The zero-order chi connectivity index (χ0) is 21.9. The standard InChI is InChI=1S/C22H24ClN7O2/c23-19-12-25-22(27-17-1-3-18(4-2-17)29-9-10-32-14-20(29)31)28-21(19)30-13-16(11-26-30)15-5-7-24-8-6-15/h1-4,11-13,15,24H,5-10,14H2,(H,25,27,28). The van der Waals surface area contributed by atoms with Crippen LogP contribution in [0.3, 0.4) is 0 Å². The van der Waals surface area contributed by atoms with E-state index in [4.69, 9.17) is 16.3 Å². The Labute approximate surface area is 190 Å². The number of amides is 1. The molecule has 0 atom stereocenters. The van der Waals surface area contributed by atoms with Crippen LogP contribution in [0, 0.1) is 0 Å². The molecule has 0 spiro atoms. The van der Waals surface area contributed by atoms with Gasteiger partial charge >= 0.3 is 0 Å². The molecular weight excluding hydrogens is 430 g/mol. The van der Waals surface area contributed by atoms with Crippen LogP contribution in [0.1, 0.15) is 24.3 Å². The van der Waals surface area contributed by atoms with Crippen LogP contribution in [0.5, 0.6) is 0 Å². The molecule has 9 nitrogen and oxygen atoms in total. The van der Waals surface area contributed by atoms with Crippen LogP contribution < -0.4 is 15.5 Å². The summed E-state index contributed by atoms with van der Waals surface area (Å²) in [5.41, 5.74) is 2.84. The Balaban J connectivity index is 1.32. The summed E-state index contributed by atoms with van der Waals surface area (Å²) in [5, 5.41) is 11.5. The molecule has 10 heteroatoms. The van der Waals surface area contributed by atoms with Gasteiger partial charge in [-0.1, -0.05) is 11.6 Å². The highest BCUT2D eigenvalue weighted by molar-refractivity contribution is 6.32. The number of carbonyl (C=O) groups excluding carboxylic acids is 1. The first kappa shape index (κ1) is 20.9. The topological polar surface area (TPSA) is 97.2 Å². The zero-order valence-corrected chi connectivity index (χ0v) is 18.3. The minimum Gasteiger partial charge on any atom is -0.370 e. The highest BCUT2D eigenvalue weighted by Crippen LogP contribution is 2.27. The van der Waals surface area contributed by atoms with Crippen LogP contribution >= 0.6 is 11.6 Å². The fourth-order valence-corrected chi connectivity index (χ4v) is 4.22. The first-order valence-electron chi connectivity index (χ1n) is 10.7. The molecule has 1 aromatic carbocycles. The number of piperidine rings is 1. The van der Waals surface area contributed by atoms with Gasteiger partial charge in [-0.2, -0.15) is 10.1 Å². The average molecular weight is 454 g/mol. The summed E-state index contributed by atoms with van der Waals surface area (Å²) >= 11 is 6.38. The lowest BCUT2D eigenvalue weighted by Crippen LogP contribution is -2.41. The zero-order valence-electron chi connectivity index (χ0n) is 17.5. The number of hydrogen-bond acceptors (Lipinski definition) is 7. The number of rotatable bonds is 5. The molecule has 4 heterocycles. The summed E-state index contributed by atoms with van der Waals surface area (Å²) < 4.78 is 6.90. The van der Waals surface area contributed by atoms with Crippen molar-refractivity contribution in [3.63, 3.8) is 0 Å². The quantitative estimate of drug-likeness (QED) is 0.613. The summed E-state index contributed by atoms with van der Waals surface area (Å²) in [6, 6.07) is 7.56. The van der Waals surface area contributed by atoms with E-state index in [1.807, 2.05) is 36.7 Å². The Bertz CT molecular complexity index is 1100. The maximum Gasteiger partial charge on any atom is 0.253 e. The largest absolute Gasteiger partial charge is 0.370 e. The molecule has 32 heavy (non-hydrogen) atoms. The lowest BCUT2D eigenvalue weighted by molar-refractivity contribution is -0.125. The van der Waals surface area contributed by atoms with Crippen molar-refractivity contribution >= 4 is 34.8 Å². The van der Waals surface area contributed by atoms with Gasteiger partial charge in [-0.15, -0.1) is 0 Å². The van der Waals surface area contributed by atoms with Crippen LogP contribution in [0.2, 0.25) is 5.02 Å². The second-order valence-electron chi connectivity index (χ2n) is 7.88. The van der Waals surface area contributed by atoms with Crippen LogP contribution in [0.4, 0.5) is 17.3 Å². The van der Waals surface area contributed by atoms with E-state index in [-0.39, 0.29) is 12.5 Å². The van der Waals surface area contributed by atoms with E-state index in [1.165, 1.54) is 5.56 Å². The Morgan fingerprint density at radius 2 is 1.97 bits per heavy atom. The monoisotopic (exact) mass is 453 g/mol. The smallest absolute Gasteiger partial charge is 0.253 e. The fraction of sp³-hybridized carbons (Fsp3) is 0.364. The highest BCUT2D eigenvalue weighted by atomic mass is 35.5. The number of nitrogens with zero attached hydrogens (tertiary/aromatic N) is 5. The minimum absolute atomic E-state index is 0.0364. The van der Waals surface area contributed by atoms with E-state index < -0.39 is 0 Å². The summed E-state index contributed by atoms with van der Waals surface area (Å²) in [7, 11) is 0. The van der Waals surface area contributed by atoms with Crippen molar-refractivity contribution in [2.75, 3.05) is 43.1 Å². The molecule has 5 rings (SSSR count). The van der Waals surface area contributed by atoms with Gasteiger partial charge in [-0.25, -0.2) is 9.67 Å². The number of halogens is 1. The lowest BCUT2D eigenvalue weighted by atomic mass is 9.93. The van der Waals surface area contributed by atoms with E-state index in [1.54, 1.807) is 15.8 Å². The van der Waals surface area contributed by atoms with Crippen LogP contribution in [0.15, 0.2) is 42.9 Å². The normalized spacial score (nSPS) is 17.5. The minimum atomic E-state index is -0.0364. The molecule has 2 aliphatic heterocycles. The Morgan fingerprint density at radius 1 is 1.16 bits per heavy atom. The first-order valence-corrected chi connectivity index (χ1v) is 11.1. The van der Waals surface area contributed by atoms with Crippen molar-refractivity contribution < 1.29 is 9.53 Å². The molecule has 0 saturated carbocycles. The molecule has 0 unspecified atom stereocenters. The molecule has 2 N–H and O–H groups in total. The van der Waals surface area contributed by atoms with E-state index >= 15 is 0 Å². The van der Waals surface area contributed by atoms with E-state index in [0.29, 0.717) is 35.9 Å². The van der Waals surface area contributed by atoms with Gasteiger partial charge in [0, 0.05) is 24.1 Å². The van der Waals surface area contributed by atoms with Crippen LogP contribution in [-0.2, 0) is 9.53 Å². The molecule has 2 aromatic heterocycles. The molecule has 3 aromatic rings. The molecule has 2 saturated heterocycles. The van der Waals surface area contributed by atoms with Crippen molar-refractivity contribution in [1.29, 1.82) is 0 Å². The van der Waals surface area contributed by atoms with Gasteiger partial charge < -0.3 is 20.3 Å². The average Bonchev–Trinajstić information content (AvgIpc) is 3.32. The molecule has 0 aliphatic carbocycles. The summed E-state index contributed by atoms with van der Waals surface area (Å²) in [5.74, 6) is 1.41. The molecular formula is C22H24ClN7O2. The molecule has 0 radical (unpaired) electrons. The highest BCUT2D eigenvalue weighted by Gasteiger charge is 2.20. The van der Waals surface area contributed by atoms with Gasteiger partial charge in [0.05, 0.1) is 19.0 Å². The number of morpholine rings is 1. The summed E-state index contributed by atoms with van der Waals surface area (Å²) in [6.45, 7) is 3.26. The van der Waals surface area contributed by atoms with Gasteiger partial charge in [0.15, 0.2) is 5.82 Å². The lowest BCUT2D eigenvalue weighted by Gasteiger charge is -2.26. The Hall–Kier alpha value is -3.01. The van der Waals surface area contributed by atoms with Crippen molar-refractivity contribution in [2.45, 2.75) is 18.8 Å². The number of carbonyl (C=O) groups is 1. The summed E-state index contributed by atoms with van der Waals surface area (Å²) in [4.78, 5) is 22.6. The van der Waals surface area contributed by atoms with E-state index in [9.17, 15) is 4.79 Å². The molecule has 1 amide bonds. The number of aromatic nitrogens is 4. The molecule has 166 valence electrons. The number of nitrogens with one attached hydrogen (secondary N) is 2. The van der Waals surface area contributed by atoms with Crippen LogP contribution in [-0.4, -0.2) is 58.5 Å². The Kier molecular flexibility index (Phi) is 6.02. The fourth-order valence-electron chi connectivity index (χ4n) is 4.04. The van der Waals surface area contributed by atoms with Crippen molar-refractivity contribution in [3.05, 3.63) is 53.4 Å². The maximum absolute atomic E-state index is 12.0. The number of hydrogen-bond donors (Lipinski definition) is 2. The predicted molar refractivity (Wildman–Crippen MR) is 122 cm³/mol. The SMILES string of the molecule is O=C1COCCN1c1ccc(Nc2ncc(Cl)c(-n3cc(C4CCNCC4)cn3)n2)cc1. The van der Waals surface area contributed by atoms with E-state index in [0.717, 1.165) is 37.3 Å². The molecule has 2 aliphatic rings. The van der Waals surface area contributed by atoms with Crippen molar-refractivity contribution in [3.8, 4) is 5.82 Å². The summed E-state index contributed by atoms with van der Waals surface area (Å²) in [6.07, 6.45) is 7.66. The van der Waals surface area contributed by atoms with Gasteiger partial charge in [-0.3, -0.25) is 4.79 Å². The van der Waals surface area contributed by atoms with Crippen molar-refractivity contribution in [1.82, 2.24) is 25.1 Å². The predicted octanol–water partition coefficient (Wildman–Crippen LogP) is 2.89. The third-order valence-electron chi connectivity index (χ3n) is 5.78. The second kappa shape index (κ2) is 9.23. The second-order valence-corrected chi connectivity index (χ2v) is 8.28. The van der Waals surface area contributed by atoms with Crippen LogP contribution in [0.25, 0.3) is 5.82 Å². The molecule has 2 fully saturated rings. The number of ether oxygens (including phenoxy) is 1. The number of anilines is 3. The van der Waals surface area contributed by atoms with E-state index in [2.05, 4.69) is 25.7 Å². The van der Waals surface area contributed by atoms with Gasteiger partial charge in [0.2, 0.25) is 5.95 Å². The molecule has 0 bridgehead atoms. The maximum atomic E-state index is 12.0. The first-order chi connectivity index (χ1) is 15.7. The van der Waals surface area contributed by atoms with Gasteiger partial charge in [0.25, 0.3) is 5.91 Å². The third kappa shape index (κ3) is 4.45. The van der Waals surface area contributed by atoms with Gasteiger partial charge in [-0.05, 0) is 61.7 Å². The van der Waals surface area contributed by atoms with Gasteiger partial charge in [0.1, 0.15) is 11.6 Å². The number of benzene rings is 1.